The Balaban J connectivity index is 1.99. The molecule has 0 N–H and O–H groups in total. The van der Waals surface area contributed by atoms with Crippen molar-refractivity contribution in [3.8, 4) is 5.75 Å². The molecule has 136 valence electrons. The lowest BCUT2D eigenvalue weighted by Gasteiger charge is -2.46. The van der Waals surface area contributed by atoms with Gasteiger partial charge >= 0.3 is 6.18 Å². The second-order valence-electron chi connectivity index (χ2n) is 7.39. The molecule has 25 heavy (non-hydrogen) atoms. The quantitative estimate of drug-likeness (QED) is 0.665. The topological polar surface area (TPSA) is 33.0 Å². The molecule has 1 aromatic rings. The maximum atomic E-state index is 13.2. The predicted octanol–water partition coefficient (Wildman–Crippen LogP) is 3.72. The van der Waals surface area contributed by atoms with E-state index in [1.54, 1.807) is 0 Å². The van der Waals surface area contributed by atoms with Gasteiger partial charge in [-0.3, -0.25) is 4.90 Å². The fourth-order valence-corrected chi connectivity index (χ4v) is 3.38. The van der Waals surface area contributed by atoms with Crippen LogP contribution in [0.5, 0.6) is 5.75 Å². The SMILES string of the molecule is [C-]#[N+]c1nc2c(cc1C(F)(F)F)OCC[C@H]1CN(C(C)(C)C)CCN21. The van der Waals surface area contributed by atoms with Gasteiger partial charge in [0.15, 0.2) is 5.75 Å². The number of halogens is 3. The zero-order valence-electron chi connectivity index (χ0n) is 14.5. The molecule has 1 aromatic heterocycles. The third kappa shape index (κ3) is 3.38. The van der Waals surface area contributed by atoms with Crippen LogP contribution in [0.1, 0.15) is 32.8 Å². The molecule has 0 bridgehead atoms. The van der Waals surface area contributed by atoms with E-state index in [0.717, 1.165) is 19.2 Å². The minimum Gasteiger partial charge on any atom is -0.487 e. The Bertz CT molecular complexity index is 706. The summed E-state index contributed by atoms with van der Waals surface area (Å²) in [5.41, 5.74) is -1.01. The van der Waals surface area contributed by atoms with Crippen LogP contribution < -0.4 is 9.64 Å². The fraction of sp³-hybridized carbons (Fsp3) is 0.647. The van der Waals surface area contributed by atoms with Crippen LogP contribution in [0.25, 0.3) is 4.85 Å². The second-order valence-corrected chi connectivity index (χ2v) is 7.39. The van der Waals surface area contributed by atoms with Gasteiger partial charge in [-0.1, -0.05) is 11.6 Å². The average Bonchev–Trinajstić information content (AvgIpc) is 2.70. The van der Waals surface area contributed by atoms with E-state index in [0.29, 0.717) is 25.4 Å². The van der Waals surface area contributed by atoms with Crippen LogP contribution >= 0.6 is 0 Å². The van der Waals surface area contributed by atoms with Crippen molar-refractivity contribution < 1.29 is 17.9 Å². The van der Waals surface area contributed by atoms with Gasteiger partial charge in [0.1, 0.15) is 0 Å². The van der Waals surface area contributed by atoms with Crippen LogP contribution in [-0.4, -0.2) is 47.7 Å². The first-order valence-electron chi connectivity index (χ1n) is 8.25. The van der Waals surface area contributed by atoms with Crippen LogP contribution in [0.3, 0.4) is 0 Å². The molecular formula is C17H21F3N4O. The van der Waals surface area contributed by atoms with Crippen molar-refractivity contribution in [3.63, 3.8) is 0 Å². The molecule has 2 aliphatic rings. The molecule has 5 nitrogen and oxygen atoms in total. The molecule has 0 radical (unpaired) electrons. The molecule has 8 heteroatoms. The molecule has 0 aromatic carbocycles. The zero-order chi connectivity index (χ0) is 18.4. The Morgan fingerprint density at radius 3 is 2.60 bits per heavy atom. The van der Waals surface area contributed by atoms with Crippen molar-refractivity contribution in [1.82, 2.24) is 9.88 Å². The third-order valence-corrected chi connectivity index (χ3v) is 4.77. The number of fused-ring (bicyclic) bond motifs is 3. The number of anilines is 1. The molecule has 0 saturated carbocycles. The Morgan fingerprint density at radius 1 is 1.28 bits per heavy atom. The van der Waals surface area contributed by atoms with E-state index in [-0.39, 0.29) is 17.3 Å². The number of rotatable bonds is 0. The summed E-state index contributed by atoms with van der Waals surface area (Å²) < 4.78 is 45.1. The van der Waals surface area contributed by atoms with E-state index in [1.165, 1.54) is 0 Å². The van der Waals surface area contributed by atoms with Crippen LogP contribution in [0.15, 0.2) is 6.07 Å². The molecule has 0 amide bonds. The number of nitrogens with zero attached hydrogens (tertiary/aromatic N) is 4. The number of piperazine rings is 1. The Hall–Kier alpha value is -2.01. The van der Waals surface area contributed by atoms with Gasteiger partial charge in [-0.05, 0) is 26.8 Å². The number of hydrogen-bond donors (Lipinski definition) is 0. The van der Waals surface area contributed by atoms with Crippen molar-refractivity contribution in [2.45, 2.75) is 44.9 Å². The van der Waals surface area contributed by atoms with Gasteiger partial charge in [0.25, 0.3) is 11.6 Å². The maximum Gasteiger partial charge on any atom is 0.409 e. The van der Waals surface area contributed by atoms with Gasteiger partial charge < -0.3 is 14.5 Å². The van der Waals surface area contributed by atoms with E-state index < -0.39 is 17.6 Å². The molecule has 1 atom stereocenters. The largest absolute Gasteiger partial charge is 0.487 e. The number of alkyl halides is 3. The van der Waals surface area contributed by atoms with Gasteiger partial charge in [0, 0.05) is 37.6 Å². The summed E-state index contributed by atoms with van der Waals surface area (Å²) in [7, 11) is 0. The molecule has 3 heterocycles. The number of hydrogen-bond acceptors (Lipinski definition) is 4. The van der Waals surface area contributed by atoms with Crippen molar-refractivity contribution in [2.24, 2.45) is 0 Å². The summed E-state index contributed by atoms with van der Waals surface area (Å²) in [5, 5.41) is 0. The van der Waals surface area contributed by atoms with Gasteiger partial charge in [-0.25, -0.2) is 0 Å². The van der Waals surface area contributed by atoms with Gasteiger partial charge in [0.2, 0.25) is 0 Å². The summed E-state index contributed by atoms with van der Waals surface area (Å²) in [5.74, 6) is -0.143. The zero-order valence-corrected chi connectivity index (χ0v) is 14.5. The Morgan fingerprint density at radius 2 is 2.00 bits per heavy atom. The lowest BCUT2D eigenvalue weighted by Crippen LogP contribution is -2.58. The first-order valence-corrected chi connectivity index (χ1v) is 8.25. The number of aromatic nitrogens is 1. The Labute approximate surface area is 145 Å². The van der Waals surface area contributed by atoms with Crippen LogP contribution in [0.2, 0.25) is 0 Å². The average molecular weight is 354 g/mol. The summed E-state index contributed by atoms with van der Waals surface area (Å²) in [6, 6.07) is 1.03. The smallest absolute Gasteiger partial charge is 0.409 e. The van der Waals surface area contributed by atoms with E-state index >= 15 is 0 Å². The van der Waals surface area contributed by atoms with Gasteiger partial charge in [-0.2, -0.15) is 13.2 Å². The van der Waals surface area contributed by atoms with E-state index in [1.807, 2.05) is 4.90 Å². The highest BCUT2D eigenvalue weighted by atomic mass is 19.4. The van der Waals surface area contributed by atoms with E-state index in [4.69, 9.17) is 11.3 Å². The van der Waals surface area contributed by atoms with E-state index in [9.17, 15) is 13.2 Å². The number of pyridine rings is 1. The molecule has 3 rings (SSSR count). The summed E-state index contributed by atoms with van der Waals surface area (Å²) in [4.78, 5) is 11.4. The monoisotopic (exact) mass is 354 g/mol. The maximum absolute atomic E-state index is 13.2. The molecule has 1 fully saturated rings. The minimum absolute atomic E-state index is 0.0251. The molecule has 1 saturated heterocycles. The Kier molecular flexibility index (Phi) is 4.31. The molecular weight excluding hydrogens is 333 g/mol. The van der Waals surface area contributed by atoms with Crippen LogP contribution in [-0.2, 0) is 6.18 Å². The third-order valence-electron chi connectivity index (χ3n) is 4.77. The lowest BCUT2D eigenvalue weighted by atomic mass is 10.0. The normalized spacial score (nSPS) is 21.6. The summed E-state index contributed by atoms with van der Waals surface area (Å²) >= 11 is 0. The molecule has 0 spiro atoms. The van der Waals surface area contributed by atoms with Crippen LogP contribution in [0.4, 0.5) is 24.8 Å². The first kappa shape index (κ1) is 17.8. The predicted molar refractivity (Wildman–Crippen MR) is 88.1 cm³/mol. The summed E-state index contributed by atoms with van der Waals surface area (Å²) in [6.45, 7) is 16.1. The summed E-state index contributed by atoms with van der Waals surface area (Å²) in [6.07, 6.45) is -3.92. The first-order chi connectivity index (χ1) is 11.6. The highest BCUT2D eigenvalue weighted by Gasteiger charge is 2.41. The highest BCUT2D eigenvalue weighted by molar-refractivity contribution is 5.63. The van der Waals surface area contributed by atoms with E-state index in [2.05, 4.69) is 35.5 Å². The lowest BCUT2D eigenvalue weighted by molar-refractivity contribution is -0.137. The van der Waals surface area contributed by atoms with Crippen molar-refractivity contribution >= 4 is 11.6 Å². The van der Waals surface area contributed by atoms with Crippen molar-refractivity contribution in [3.05, 3.63) is 23.0 Å². The van der Waals surface area contributed by atoms with Gasteiger partial charge in [0.05, 0.1) is 12.2 Å². The molecule has 0 unspecified atom stereocenters. The van der Waals surface area contributed by atoms with Crippen LogP contribution in [0, 0.1) is 6.57 Å². The minimum atomic E-state index is -4.62. The second kappa shape index (κ2) is 6.06. The van der Waals surface area contributed by atoms with Gasteiger partial charge in [-0.15, -0.1) is 0 Å². The highest BCUT2D eigenvalue weighted by Crippen LogP contribution is 2.43. The fourth-order valence-electron chi connectivity index (χ4n) is 3.38. The van der Waals surface area contributed by atoms with Crippen molar-refractivity contribution in [2.75, 3.05) is 31.1 Å². The van der Waals surface area contributed by atoms with Crippen molar-refractivity contribution in [1.29, 1.82) is 0 Å². The molecule has 0 aliphatic carbocycles. The number of ether oxygens (including phenoxy) is 1. The standard InChI is InChI=1S/C17H21F3N4O/c1-16(2,3)23-6-7-24-11(10-23)5-8-25-13-9-12(17(18,19)20)14(21-4)22-15(13)24/h9,11H,5-8,10H2,1-3H3/t11-/m0/s1. The molecule has 2 aliphatic heterocycles.